The SMILES string of the molecule is Cc1nc(NC2CN(C(=O)C3(C)CCCO3)C2)nc2c1NC(=O)C(C(C)C)N2C. The Morgan fingerprint density at radius 2 is 2.07 bits per heavy atom. The summed E-state index contributed by atoms with van der Waals surface area (Å²) in [6.45, 7) is 9.66. The minimum absolute atomic E-state index is 0.0295. The van der Waals surface area contributed by atoms with Gasteiger partial charge in [-0.2, -0.15) is 4.98 Å². The lowest BCUT2D eigenvalue weighted by Gasteiger charge is -2.43. The first-order valence-electron chi connectivity index (χ1n) is 10.3. The number of anilines is 3. The maximum absolute atomic E-state index is 12.7. The Morgan fingerprint density at radius 3 is 2.69 bits per heavy atom. The minimum Gasteiger partial charge on any atom is -0.365 e. The Labute approximate surface area is 171 Å². The van der Waals surface area contributed by atoms with Crippen LogP contribution in [0.4, 0.5) is 17.5 Å². The third-order valence-corrected chi connectivity index (χ3v) is 6.14. The molecule has 29 heavy (non-hydrogen) atoms. The second kappa shape index (κ2) is 7.12. The van der Waals surface area contributed by atoms with Crippen LogP contribution in [0.1, 0.15) is 39.3 Å². The standard InChI is InChI=1S/C20H30N6O3/c1-11(2)15-17(27)23-14-12(3)21-19(24-16(14)25(15)5)22-13-9-26(10-13)18(28)20(4)7-6-8-29-20/h11,13,15H,6-10H2,1-5H3,(H,23,27)(H,21,22,24). The van der Waals surface area contributed by atoms with Crippen molar-refractivity contribution in [2.24, 2.45) is 5.92 Å². The summed E-state index contributed by atoms with van der Waals surface area (Å²) in [6, 6.07) is -0.167. The van der Waals surface area contributed by atoms with E-state index in [1.165, 1.54) is 0 Å². The molecular weight excluding hydrogens is 372 g/mol. The zero-order chi connectivity index (χ0) is 20.9. The van der Waals surface area contributed by atoms with Crippen molar-refractivity contribution in [3.63, 3.8) is 0 Å². The number of carbonyl (C=O) groups excluding carboxylic acids is 2. The average molecular weight is 402 g/mol. The number of fused-ring (bicyclic) bond motifs is 1. The molecule has 4 rings (SSSR count). The third kappa shape index (κ3) is 3.41. The van der Waals surface area contributed by atoms with E-state index in [0.29, 0.717) is 31.3 Å². The van der Waals surface area contributed by atoms with Crippen LogP contribution in [0, 0.1) is 12.8 Å². The average Bonchev–Trinajstić information content (AvgIpc) is 3.06. The van der Waals surface area contributed by atoms with E-state index in [1.807, 2.05) is 44.5 Å². The predicted octanol–water partition coefficient (Wildman–Crippen LogP) is 1.39. The molecule has 2 saturated heterocycles. The lowest BCUT2D eigenvalue weighted by atomic mass is 9.97. The van der Waals surface area contributed by atoms with Crippen molar-refractivity contribution in [3.05, 3.63) is 5.69 Å². The Kier molecular flexibility index (Phi) is 4.88. The van der Waals surface area contributed by atoms with Crippen LogP contribution >= 0.6 is 0 Å². The fourth-order valence-electron chi connectivity index (χ4n) is 4.48. The summed E-state index contributed by atoms with van der Waals surface area (Å²) in [6.07, 6.45) is 1.71. The Hall–Kier alpha value is -2.42. The number of aryl methyl sites for hydroxylation is 1. The Balaban J connectivity index is 1.44. The lowest BCUT2D eigenvalue weighted by Crippen LogP contribution is -2.61. The molecule has 0 aliphatic carbocycles. The smallest absolute Gasteiger partial charge is 0.254 e. The summed E-state index contributed by atoms with van der Waals surface area (Å²) >= 11 is 0. The first-order valence-corrected chi connectivity index (χ1v) is 10.3. The van der Waals surface area contributed by atoms with Gasteiger partial charge in [-0.05, 0) is 32.6 Å². The van der Waals surface area contributed by atoms with Crippen molar-refractivity contribution in [1.82, 2.24) is 14.9 Å². The van der Waals surface area contributed by atoms with Crippen LogP contribution < -0.4 is 15.5 Å². The molecule has 1 aromatic heterocycles. The molecule has 9 nitrogen and oxygen atoms in total. The summed E-state index contributed by atoms with van der Waals surface area (Å²) in [5.41, 5.74) is 0.715. The number of likely N-dealkylation sites (N-methyl/N-ethyl adjacent to an activating group) is 1. The molecule has 2 unspecified atom stereocenters. The molecular formula is C20H30N6O3. The van der Waals surface area contributed by atoms with E-state index in [9.17, 15) is 9.59 Å². The van der Waals surface area contributed by atoms with E-state index >= 15 is 0 Å². The van der Waals surface area contributed by atoms with Gasteiger partial charge in [-0.15, -0.1) is 0 Å². The van der Waals surface area contributed by atoms with E-state index in [-0.39, 0.29) is 29.8 Å². The van der Waals surface area contributed by atoms with E-state index in [2.05, 4.69) is 20.6 Å². The van der Waals surface area contributed by atoms with Gasteiger partial charge in [0.25, 0.3) is 5.91 Å². The molecule has 158 valence electrons. The second-order valence-corrected chi connectivity index (χ2v) is 8.85. The van der Waals surface area contributed by atoms with E-state index in [1.54, 1.807) is 0 Å². The van der Waals surface area contributed by atoms with Crippen LogP contribution in [0.5, 0.6) is 0 Å². The van der Waals surface area contributed by atoms with Crippen molar-refractivity contribution in [2.75, 3.05) is 42.3 Å². The fourth-order valence-corrected chi connectivity index (χ4v) is 4.48. The molecule has 0 radical (unpaired) electrons. The van der Waals surface area contributed by atoms with Gasteiger partial charge in [0.1, 0.15) is 17.3 Å². The minimum atomic E-state index is -0.670. The Morgan fingerprint density at radius 1 is 1.34 bits per heavy atom. The molecule has 3 aliphatic rings. The molecule has 2 fully saturated rings. The number of carbonyl (C=O) groups is 2. The maximum atomic E-state index is 12.7. The maximum Gasteiger partial charge on any atom is 0.254 e. The highest BCUT2D eigenvalue weighted by atomic mass is 16.5. The number of aromatic nitrogens is 2. The number of amides is 2. The van der Waals surface area contributed by atoms with Gasteiger partial charge >= 0.3 is 0 Å². The van der Waals surface area contributed by atoms with Gasteiger partial charge in [0.15, 0.2) is 5.82 Å². The molecule has 3 aliphatic heterocycles. The van der Waals surface area contributed by atoms with Gasteiger partial charge in [0.2, 0.25) is 11.9 Å². The highest BCUT2D eigenvalue weighted by Gasteiger charge is 2.44. The van der Waals surface area contributed by atoms with Crippen LogP contribution in [0.25, 0.3) is 0 Å². The predicted molar refractivity (Wildman–Crippen MR) is 110 cm³/mol. The number of ether oxygens (including phenoxy) is 1. The van der Waals surface area contributed by atoms with Gasteiger partial charge in [-0.3, -0.25) is 9.59 Å². The van der Waals surface area contributed by atoms with Gasteiger partial charge in [0.05, 0.1) is 11.7 Å². The Bertz CT molecular complexity index is 830. The van der Waals surface area contributed by atoms with Crippen LogP contribution in [0.3, 0.4) is 0 Å². The van der Waals surface area contributed by atoms with Crippen LogP contribution in [0.2, 0.25) is 0 Å². The highest BCUT2D eigenvalue weighted by molar-refractivity contribution is 6.03. The molecule has 4 heterocycles. The zero-order valence-electron chi connectivity index (χ0n) is 17.8. The van der Waals surface area contributed by atoms with Gasteiger partial charge in [-0.1, -0.05) is 13.8 Å². The fraction of sp³-hybridized carbons (Fsp3) is 0.700. The van der Waals surface area contributed by atoms with Crippen molar-refractivity contribution in [1.29, 1.82) is 0 Å². The van der Waals surface area contributed by atoms with Crippen LogP contribution in [-0.2, 0) is 14.3 Å². The first-order chi connectivity index (χ1) is 13.7. The highest BCUT2D eigenvalue weighted by Crippen LogP contribution is 2.34. The molecule has 2 N–H and O–H groups in total. The molecule has 9 heteroatoms. The number of hydrogen-bond acceptors (Lipinski definition) is 7. The molecule has 0 aromatic carbocycles. The molecule has 2 amide bonds. The molecule has 1 aromatic rings. The van der Waals surface area contributed by atoms with Crippen LogP contribution in [-0.4, -0.2) is 71.1 Å². The van der Waals surface area contributed by atoms with Crippen molar-refractivity contribution in [2.45, 2.75) is 58.2 Å². The van der Waals surface area contributed by atoms with E-state index < -0.39 is 5.60 Å². The molecule has 2 atom stereocenters. The summed E-state index contributed by atoms with van der Waals surface area (Å²) in [5.74, 6) is 1.44. The van der Waals surface area contributed by atoms with E-state index in [4.69, 9.17) is 4.74 Å². The number of rotatable bonds is 4. The summed E-state index contributed by atoms with van der Waals surface area (Å²) < 4.78 is 5.66. The van der Waals surface area contributed by atoms with Crippen molar-refractivity contribution >= 4 is 29.3 Å². The summed E-state index contributed by atoms with van der Waals surface area (Å²) in [7, 11) is 1.89. The zero-order valence-corrected chi connectivity index (χ0v) is 17.8. The third-order valence-electron chi connectivity index (χ3n) is 6.14. The summed E-state index contributed by atoms with van der Waals surface area (Å²) in [5, 5.41) is 6.29. The van der Waals surface area contributed by atoms with Crippen molar-refractivity contribution in [3.8, 4) is 0 Å². The monoisotopic (exact) mass is 402 g/mol. The van der Waals surface area contributed by atoms with Crippen molar-refractivity contribution < 1.29 is 14.3 Å². The van der Waals surface area contributed by atoms with Crippen LogP contribution in [0.15, 0.2) is 0 Å². The first kappa shape index (κ1) is 19.9. The number of likely N-dealkylation sites (tertiary alicyclic amines) is 1. The van der Waals surface area contributed by atoms with Gasteiger partial charge < -0.3 is 25.2 Å². The normalized spacial score (nSPS) is 27.0. The topological polar surface area (TPSA) is 99.7 Å². The number of hydrogen-bond donors (Lipinski definition) is 2. The number of nitrogens with zero attached hydrogens (tertiary/aromatic N) is 4. The largest absolute Gasteiger partial charge is 0.365 e. The molecule has 0 saturated carbocycles. The quantitative estimate of drug-likeness (QED) is 0.785. The van der Waals surface area contributed by atoms with Gasteiger partial charge in [0, 0.05) is 26.7 Å². The number of nitrogens with one attached hydrogen (secondary N) is 2. The van der Waals surface area contributed by atoms with Gasteiger partial charge in [-0.25, -0.2) is 4.98 Å². The molecule has 0 spiro atoms. The molecule has 0 bridgehead atoms. The summed E-state index contributed by atoms with van der Waals surface area (Å²) in [4.78, 5) is 38.0. The lowest BCUT2D eigenvalue weighted by molar-refractivity contribution is -0.155. The van der Waals surface area contributed by atoms with E-state index in [0.717, 1.165) is 24.4 Å². The second-order valence-electron chi connectivity index (χ2n) is 8.85.